The molecular formula is C16H12N4. The van der Waals surface area contributed by atoms with Gasteiger partial charge in [0.15, 0.2) is 0 Å². The third kappa shape index (κ3) is 2.43. The number of fused-ring (bicyclic) bond motifs is 1. The molecule has 0 unspecified atom stereocenters. The molecule has 0 aliphatic carbocycles. The van der Waals surface area contributed by atoms with Crippen LogP contribution in [0.15, 0.2) is 54.9 Å². The molecule has 96 valence electrons. The average molecular weight is 260 g/mol. The van der Waals surface area contributed by atoms with Crippen LogP contribution < -0.4 is 5.32 Å². The Morgan fingerprint density at radius 2 is 2.05 bits per heavy atom. The van der Waals surface area contributed by atoms with E-state index in [0.29, 0.717) is 17.9 Å². The summed E-state index contributed by atoms with van der Waals surface area (Å²) in [6, 6.07) is 15.7. The molecule has 0 aliphatic rings. The SMILES string of the molecule is N#Cc1cc2ccccc2nc1NCc1cccnc1. The van der Waals surface area contributed by atoms with E-state index in [9.17, 15) is 5.26 Å². The van der Waals surface area contributed by atoms with Crippen molar-refractivity contribution in [3.05, 3.63) is 66.0 Å². The van der Waals surface area contributed by atoms with Gasteiger partial charge >= 0.3 is 0 Å². The fraction of sp³-hybridized carbons (Fsp3) is 0.0625. The molecule has 3 rings (SSSR count). The van der Waals surface area contributed by atoms with Crippen molar-refractivity contribution in [1.29, 1.82) is 5.26 Å². The maximum absolute atomic E-state index is 9.23. The second kappa shape index (κ2) is 5.37. The summed E-state index contributed by atoms with van der Waals surface area (Å²) in [4.78, 5) is 8.57. The van der Waals surface area contributed by atoms with Gasteiger partial charge in [0, 0.05) is 24.3 Å². The van der Waals surface area contributed by atoms with Crippen LogP contribution in [0.3, 0.4) is 0 Å². The van der Waals surface area contributed by atoms with E-state index in [4.69, 9.17) is 0 Å². The Kier molecular flexibility index (Phi) is 3.25. The molecule has 0 saturated carbocycles. The molecule has 0 fully saturated rings. The van der Waals surface area contributed by atoms with Crippen molar-refractivity contribution in [3.63, 3.8) is 0 Å². The van der Waals surface area contributed by atoms with Crippen LogP contribution in [0, 0.1) is 11.3 Å². The van der Waals surface area contributed by atoms with Crippen molar-refractivity contribution in [1.82, 2.24) is 9.97 Å². The fourth-order valence-electron chi connectivity index (χ4n) is 2.02. The van der Waals surface area contributed by atoms with Crippen LogP contribution >= 0.6 is 0 Å². The van der Waals surface area contributed by atoms with Crippen LogP contribution in [-0.4, -0.2) is 9.97 Å². The van der Waals surface area contributed by atoms with E-state index < -0.39 is 0 Å². The van der Waals surface area contributed by atoms with Gasteiger partial charge in [-0.2, -0.15) is 5.26 Å². The standard InChI is InChI=1S/C16H12N4/c17-9-14-8-13-5-1-2-6-15(13)20-16(14)19-11-12-4-3-7-18-10-12/h1-8,10H,11H2,(H,19,20). The van der Waals surface area contributed by atoms with Gasteiger partial charge in [-0.1, -0.05) is 24.3 Å². The zero-order valence-electron chi connectivity index (χ0n) is 10.7. The van der Waals surface area contributed by atoms with Gasteiger partial charge in [0.05, 0.1) is 11.1 Å². The van der Waals surface area contributed by atoms with E-state index in [2.05, 4.69) is 21.4 Å². The first-order chi connectivity index (χ1) is 9.86. The quantitative estimate of drug-likeness (QED) is 0.786. The molecule has 0 atom stereocenters. The molecule has 2 aromatic heterocycles. The third-order valence-electron chi connectivity index (χ3n) is 3.03. The summed E-state index contributed by atoms with van der Waals surface area (Å²) >= 11 is 0. The maximum Gasteiger partial charge on any atom is 0.144 e. The Bertz CT molecular complexity index is 775. The van der Waals surface area contributed by atoms with Crippen LogP contribution in [0.25, 0.3) is 10.9 Å². The van der Waals surface area contributed by atoms with E-state index in [-0.39, 0.29) is 0 Å². The molecule has 0 bridgehead atoms. The monoisotopic (exact) mass is 260 g/mol. The number of benzene rings is 1. The highest BCUT2D eigenvalue weighted by molar-refractivity contribution is 5.82. The van der Waals surface area contributed by atoms with E-state index in [0.717, 1.165) is 16.5 Å². The number of hydrogen-bond donors (Lipinski definition) is 1. The normalized spacial score (nSPS) is 10.2. The summed E-state index contributed by atoms with van der Waals surface area (Å²) in [7, 11) is 0. The van der Waals surface area contributed by atoms with Gasteiger partial charge in [-0.25, -0.2) is 4.98 Å². The minimum atomic E-state index is 0.549. The largest absolute Gasteiger partial charge is 0.365 e. The predicted octanol–water partition coefficient (Wildman–Crippen LogP) is 3.11. The van der Waals surface area contributed by atoms with Crippen LogP contribution in [0.5, 0.6) is 0 Å². The lowest BCUT2D eigenvalue weighted by Gasteiger charge is -2.08. The van der Waals surface area contributed by atoms with Crippen molar-refractivity contribution in [2.75, 3.05) is 5.32 Å². The number of rotatable bonds is 3. The van der Waals surface area contributed by atoms with Crippen molar-refractivity contribution >= 4 is 16.7 Å². The summed E-state index contributed by atoms with van der Waals surface area (Å²) in [6.45, 7) is 0.591. The molecule has 20 heavy (non-hydrogen) atoms. The fourth-order valence-corrected chi connectivity index (χ4v) is 2.02. The zero-order chi connectivity index (χ0) is 13.8. The number of aromatic nitrogens is 2. The van der Waals surface area contributed by atoms with Crippen LogP contribution in [-0.2, 0) is 6.54 Å². The smallest absolute Gasteiger partial charge is 0.144 e. The van der Waals surface area contributed by atoms with Gasteiger partial charge in [0.25, 0.3) is 0 Å². The second-order valence-electron chi connectivity index (χ2n) is 4.40. The van der Waals surface area contributed by atoms with Gasteiger partial charge in [-0.05, 0) is 23.8 Å². The first kappa shape index (κ1) is 12.1. The van der Waals surface area contributed by atoms with Crippen molar-refractivity contribution in [3.8, 4) is 6.07 Å². The minimum absolute atomic E-state index is 0.549. The molecule has 1 N–H and O–H groups in total. The summed E-state index contributed by atoms with van der Waals surface area (Å²) in [6.07, 6.45) is 3.53. The molecule has 3 aromatic rings. The molecule has 1 aromatic carbocycles. The average Bonchev–Trinajstić information content (AvgIpc) is 2.53. The summed E-state index contributed by atoms with van der Waals surface area (Å²) < 4.78 is 0. The van der Waals surface area contributed by atoms with E-state index in [1.165, 1.54) is 0 Å². The van der Waals surface area contributed by atoms with Crippen molar-refractivity contribution in [2.45, 2.75) is 6.54 Å². The lowest BCUT2D eigenvalue weighted by molar-refractivity contribution is 1.09. The van der Waals surface area contributed by atoms with E-state index in [1.807, 2.05) is 42.5 Å². The van der Waals surface area contributed by atoms with E-state index in [1.54, 1.807) is 12.4 Å². The Hall–Kier alpha value is -2.93. The second-order valence-corrected chi connectivity index (χ2v) is 4.40. The molecule has 2 heterocycles. The molecule has 4 heteroatoms. The molecule has 0 saturated heterocycles. The zero-order valence-corrected chi connectivity index (χ0v) is 10.7. The summed E-state index contributed by atoms with van der Waals surface area (Å²) in [5.74, 6) is 0.607. The van der Waals surface area contributed by atoms with E-state index >= 15 is 0 Å². The van der Waals surface area contributed by atoms with Gasteiger partial charge < -0.3 is 5.32 Å². The first-order valence-corrected chi connectivity index (χ1v) is 6.29. The molecule has 4 nitrogen and oxygen atoms in total. The number of anilines is 1. The molecule has 0 aliphatic heterocycles. The van der Waals surface area contributed by atoms with Crippen LogP contribution in [0.2, 0.25) is 0 Å². The lowest BCUT2D eigenvalue weighted by atomic mass is 10.1. The highest BCUT2D eigenvalue weighted by Gasteiger charge is 2.06. The Morgan fingerprint density at radius 1 is 1.15 bits per heavy atom. The molecule has 0 radical (unpaired) electrons. The lowest BCUT2D eigenvalue weighted by Crippen LogP contribution is -2.04. The van der Waals surface area contributed by atoms with Gasteiger partial charge in [-0.15, -0.1) is 0 Å². The number of pyridine rings is 2. The van der Waals surface area contributed by atoms with Crippen molar-refractivity contribution in [2.24, 2.45) is 0 Å². The Balaban J connectivity index is 1.92. The highest BCUT2D eigenvalue weighted by Crippen LogP contribution is 2.20. The van der Waals surface area contributed by atoms with Gasteiger partial charge in [-0.3, -0.25) is 4.98 Å². The number of nitrogens with zero attached hydrogens (tertiary/aromatic N) is 3. The maximum atomic E-state index is 9.23. The van der Waals surface area contributed by atoms with Crippen LogP contribution in [0.1, 0.15) is 11.1 Å². The number of hydrogen-bond acceptors (Lipinski definition) is 4. The number of nitrogens with one attached hydrogen (secondary N) is 1. The Labute approximate surface area is 116 Å². The molecule has 0 amide bonds. The van der Waals surface area contributed by atoms with Gasteiger partial charge in [0.2, 0.25) is 0 Å². The van der Waals surface area contributed by atoms with Crippen LogP contribution in [0.4, 0.5) is 5.82 Å². The molecular weight excluding hydrogens is 248 g/mol. The Morgan fingerprint density at radius 3 is 2.85 bits per heavy atom. The topological polar surface area (TPSA) is 61.6 Å². The number of nitriles is 1. The first-order valence-electron chi connectivity index (χ1n) is 6.29. The highest BCUT2D eigenvalue weighted by atomic mass is 15.0. The van der Waals surface area contributed by atoms with Crippen molar-refractivity contribution < 1.29 is 0 Å². The van der Waals surface area contributed by atoms with Gasteiger partial charge in [0.1, 0.15) is 11.9 Å². The predicted molar refractivity (Wildman–Crippen MR) is 78.0 cm³/mol. The molecule has 0 spiro atoms. The summed E-state index contributed by atoms with van der Waals surface area (Å²) in [5, 5.41) is 13.4. The third-order valence-corrected chi connectivity index (χ3v) is 3.03. The number of para-hydroxylation sites is 1. The summed E-state index contributed by atoms with van der Waals surface area (Å²) in [5.41, 5.74) is 2.47. The minimum Gasteiger partial charge on any atom is -0.365 e.